The summed E-state index contributed by atoms with van der Waals surface area (Å²) in [5, 5.41) is 40.1. The third-order valence-electron chi connectivity index (χ3n) is 8.63. The van der Waals surface area contributed by atoms with Crippen LogP contribution in [0.4, 0.5) is 0 Å². The first-order valence-electron chi connectivity index (χ1n) is 16.6. The molecule has 1 amide bonds. The zero-order valence-corrected chi connectivity index (χ0v) is 28.5. The number of ether oxygens (including phenoxy) is 3. The van der Waals surface area contributed by atoms with Gasteiger partial charge in [0, 0.05) is 41.9 Å². The summed E-state index contributed by atoms with van der Waals surface area (Å²) < 4.78 is 18.2. The Labute approximate surface area is 289 Å². The first-order valence-corrected chi connectivity index (χ1v) is 16.6. The average molecular weight is 683 g/mol. The number of ketones is 1. The van der Waals surface area contributed by atoms with Crippen LogP contribution in [0.2, 0.25) is 0 Å². The minimum Gasteiger partial charge on any atom is -0.497 e. The molecule has 1 aromatic heterocycles. The van der Waals surface area contributed by atoms with Crippen LogP contribution in [0, 0.1) is 11.8 Å². The summed E-state index contributed by atoms with van der Waals surface area (Å²) in [6, 6.07) is 12.6. The minimum absolute atomic E-state index is 0. The fraction of sp³-hybridized carbons (Fsp3) is 0.526. The van der Waals surface area contributed by atoms with Crippen LogP contribution in [0.25, 0.3) is 17.0 Å². The first-order chi connectivity index (χ1) is 22.9. The number of benzene rings is 2. The fourth-order valence-electron chi connectivity index (χ4n) is 5.59. The molecule has 1 unspecified atom stereocenters. The van der Waals surface area contributed by atoms with Crippen molar-refractivity contribution in [2.75, 3.05) is 33.4 Å². The number of aliphatic hydroxyl groups excluding tert-OH is 4. The highest BCUT2D eigenvalue weighted by molar-refractivity contribution is 6.16. The first kappa shape index (κ1) is 39.9. The van der Waals surface area contributed by atoms with Gasteiger partial charge < -0.3 is 44.1 Å². The van der Waals surface area contributed by atoms with Crippen LogP contribution >= 0.6 is 0 Å². The normalized spacial score (nSPS) is 21.0. The Morgan fingerprint density at radius 2 is 1.61 bits per heavy atom. The van der Waals surface area contributed by atoms with Crippen LogP contribution in [0.1, 0.15) is 69.4 Å². The highest BCUT2D eigenvalue weighted by Gasteiger charge is 2.43. The van der Waals surface area contributed by atoms with Crippen LogP contribution in [0.15, 0.2) is 54.7 Å². The van der Waals surface area contributed by atoms with Crippen molar-refractivity contribution in [3.8, 4) is 5.75 Å². The predicted molar refractivity (Wildman–Crippen MR) is 189 cm³/mol. The summed E-state index contributed by atoms with van der Waals surface area (Å²) in [6.45, 7) is 9.60. The van der Waals surface area contributed by atoms with E-state index in [9.17, 15) is 30.0 Å². The molecule has 0 radical (unpaired) electrons. The summed E-state index contributed by atoms with van der Waals surface area (Å²) in [7, 11) is 1.59. The Morgan fingerprint density at radius 1 is 0.959 bits per heavy atom. The molecule has 2 heterocycles. The smallest absolute Gasteiger partial charge is 0.242 e. The minimum atomic E-state index is -1.51. The van der Waals surface area contributed by atoms with E-state index in [4.69, 9.17) is 14.2 Å². The summed E-state index contributed by atoms with van der Waals surface area (Å²) in [5.41, 5.74) is 2.52. The van der Waals surface area contributed by atoms with Gasteiger partial charge in [-0.15, -0.1) is 0 Å². The van der Waals surface area contributed by atoms with E-state index in [2.05, 4.69) is 27.7 Å². The van der Waals surface area contributed by atoms with Crippen molar-refractivity contribution in [1.29, 1.82) is 0 Å². The van der Waals surface area contributed by atoms with E-state index in [1.807, 2.05) is 27.7 Å². The number of fused-ring (bicyclic) bond motifs is 1. The van der Waals surface area contributed by atoms with E-state index in [1.165, 1.54) is 0 Å². The quantitative estimate of drug-likeness (QED) is 0.163. The number of aliphatic hydroxyl groups is 4. The monoisotopic (exact) mass is 682 g/mol. The molecule has 0 spiro atoms. The molecule has 4 rings (SSSR count). The Morgan fingerprint density at radius 3 is 2.20 bits per heavy atom. The third kappa shape index (κ3) is 10.2. The molecule has 11 nitrogen and oxygen atoms in total. The van der Waals surface area contributed by atoms with Gasteiger partial charge in [0.2, 0.25) is 5.91 Å². The number of hydrogen-bond donors (Lipinski definition) is 4. The molecule has 0 bridgehead atoms. The maximum Gasteiger partial charge on any atom is 0.242 e. The van der Waals surface area contributed by atoms with Crippen molar-refractivity contribution in [2.24, 2.45) is 11.8 Å². The van der Waals surface area contributed by atoms with Crippen molar-refractivity contribution in [1.82, 2.24) is 9.47 Å². The molecule has 0 saturated carbocycles. The molecule has 11 heteroatoms. The van der Waals surface area contributed by atoms with Gasteiger partial charge in [-0.25, -0.2) is 0 Å². The lowest BCUT2D eigenvalue weighted by Crippen LogP contribution is -2.59. The Kier molecular flexibility index (Phi) is 15.0. The SMILES string of the molecule is C.COc1ccc2c(C(=O)c3ccc(/C=C/COC4O[C@H](CO)[C@H](O)[C@H](O)[C@H]4O)cc3)cn(CC(=O)N(CCC(C)C)CCC(C)C)c2c1. The second kappa shape index (κ2) is 18.4. The molecule has 1 aliphatic heterocycles. The number of rotatable bonds is 16. The number of amides is 1. The fourth-order valence-corrected chi connectivity index (χ4v) is 5.59. The van der Waals surface area contributed by atoms with Gasteiger partial charge >= 0.3 is 0 Å². The summed E-state index contributed by atoms with van der Waals surface area (Å²) >= 11 is 0. The molecular formula is C38H54N2O9. The van der Waals surface area contributed by atoms with Crippen molar-refractivity contribution >= 4 is 28.7 Å². The molecule has 2 aromatic carbocycles. The van der Waals surface area contributed by atoms with Crippen molar-refractivity contribution in [3.05, 3.63) is 71.4 Å². The highest BCUT2D eigenvalue weighted by Crippen LogP contribution is 2.28. The molecule has 49 heavy (non-hydrogen) atoms. The number of hydrogen-bond acceptors (Lipinski definition) is 9. The Hall–Kier alpha value is -3.58. The van der Waals surface area contributed by atoms with Gasteiger partial charge in [0.05, 0.1) is 25.8 Å². The molecule has 3 aromatic rings. The van der Waals surface area contributed by atoms with Crippen molar-refractivity contribution < 1.29 is 44.2 Å². The summed E-state index contributed by atoms with van der Waals surface area (Å²) in [6.07, 6.45) is 0.364. The predicted octanol–water partition coefficient (Wildman–Crippen LogP) is 4.27. The van der Waals surface area contributed by atoms with E-state index in [1.54, 1.807) is 49.7 Å². The van der Waals surface area contributed by atoms with E-state index in [0.29, 0.717) is 41.8 Å². The molecule has 4 N–H and O–H groups in total. The van der Waals surface area contributed by atoms with Gasteiger partial charge in [-0.1, -0.05) is 71.5 Å². The lowest BCUT2D eigenvalue weighted by Gasteiger charge is -2.39. The van der Waals surface area contributed by atoms with Crippen LogP contribution in [0.3, 0.4) is 0 Å². The van der Waals surface area contributed by atoms with Crippen molar-refractivity contribution in [3.63, 3.8) is 0 Å². The van der Waals surface area contributed by atoms with Gasteiger partial charge in [0.1, 0.15) is 36.7 Å². The second-order valence-electron chi connectivity index (χ2n) is 13.2. The average Bonchev–Trinajstić information content (AvgIpc) is 3.43. The molecule has 270 valence electrons. The number of aromatic nitrogens is 1. The third-order valence-corrected chi connectivity index (χ3v) is 8.63. The summed E-state index contributed by atoms with van der Waals surface area (Å²) in [5.74, 6) is 1.44. The topological polar surface area (TPSA) is 151 Å². The number of carbonyl (C=O) groups excluding carboxylic acids is 2. The van der Waals surface area contributed by atoms with Crippen LogP contribution in [-0.2, 0) is 20.8 Å². The van der Waals surface area contributed by atoms with Crippen LogP contribution < -0.4 is 4.74 Å². The van der Waals surface area contributed by atoms with E-state index < -0.39 is 37.3 Å². The van der Waals surface area contributed by atoms with Gasteiger partial charge in [-0.05, 0) is 42.4 Å². The van der Waals surface area contributed by atoms with Crippen LogP contribution in [0.5, 0.6) is 5.75 Å². The number of methoxy groups -OCH3 is 1. The standard InChI is InChI=1S/C37H50N2O9.CH4/c1-23(2)14-16-38(17-15-24(3)4)32(41)21-39-20-29(28-13-12-27(46-5)19-30(28)39)33(42)26-10-8-25(9-11-26)7-6-18-47-37-36(45)35(44)34(43)31(22-40)48-37;/h6-13,19-20,23-24,31,34-37,40,43-45H,14-18,21-22H2,1-5H3;1H4/b7-6+;/t31-,34+,35+,36-,37?;/m1./s1. The number of carbonyl (C=O) groups is 2. The zero-order valence-electron chi connectivity index (χ0n) is 28.5. The number of nitrogens with zero attached hydrogens (tertiary/aromatic N) is 2. The molecule has 0 aliphatic carbocycles. The lowest BCUT2D eigenvalue weighted by atomic mass is 9.99. The highest BCUT2D eigenvalue weighted by atomic mass is 16.7. The van der Waals surface area contributed by atoms with E-state index in [0.717, 1.165) is 29.3 Å². The van der Waals surface area contributed by atoms with Gasteiger partial charge in [-0.2, -0.15) is 0 Å². The maximum atomic E-state index is 13.8. The Balaban J connectivity index is 0.00000650. The van der Waals surface area contributed by atoms with E-state index >= 15 is 0 Å². The largest absolute Gasteiger partial charge is 0.497 e. The molecular weight excluding hydrogens is 628 g/mol. The lowest BCUT2D eigenvalue weighted by molar-refractivity contribution is -0.298. The van der Waals surface area contributed by atoms with Gasteiger partial charge in [0.25, 0.3) is 0 Å². The van der Waals surface area contributed by atoms with Gasteiger partial charge in [0.15, 0.2) is 12.1 Å². The molecule has 1 fully saturated rings. The molecule has 5 atom stereocenters. The zero-order chi connectivity index (χ0) is 35.0. The van der Waals surface area contributed by atoms with Crippen LogP contribution in [-0.4, -0.2) is 106 Å². The second-order valence-corrected chi connectivity index (χ2v) is 13.2. The molecule has 1 aliphatic rings. The molecule has 1 saturated heterocycles. The van der Waals surface area contributed by atoms with Crippen molar-refractivity contribution in [2.45, 2.75) is 85.2 Å². The van der Waals surface area contributed by atoms with E-state index in [-0.39, 0.29) is 32.3 Å². The van der Waals surface area contributed by atoms with Gasteiger partial charge in [-0.3, -0.25) is 9.59 Å². The summed E-state index contributed by atoms with van der Waals surface area (Å²) in [4.78, 5) is 29.4. The Bertz CT molecular complexity index is 1520. The maximum absolute atomic E-state index is 13.8.